The van der Waals surface area contributed by atoms with Crippen molar-refractivity contribution in [1.29, 1.82) is 0 Å². The molecule has 1 aliphatic carbocycles. The fourth-order valence-corrected chi connectivity index (χ4v) is 3.90. The maximum atomic E-state index is 12.0. The smallest absolute Gasteiger partial charge is 0.407 e. The highest BCUT2D eigenvalue weighted by atomic mass is 16.6. The number of carbonyl (C=O) groups is 1. The molecule has 8 heteroatoms. The summed E-state index contributed by atoms with van der Waals surface area (Å²) in [6.45, 7) is 5.48. The lowest BCUT2D eigenvalue weighted by atomic mass is 9.80. The summed E-state index contributed by atoms with van der Waals surface area (Å²) < 4.78 is 10.5. The van der Waals surface area contributed by atoms with Gasteiger partial charge >= 0.3 is 6.09 Å². The maximum Gasteiger partial charge on any atom is 0.407 e. The van der Waals surface area contributed by atoms with Crippen molar-refractivity contribution in [3.05, 3.63) is 30.0 Å². The average molecular weight is 418 g/mol. The minimum atomic E-state index is -1.09. The Bertz CT molecular complexity index is 875. The van der Waals surface area contributed by atoms with E-state index in [1.54, 1.807) is 18.2 Å². The Balaban J connectivity index is 1.63. The second kappa shape index (κ2) is 9.14. The molecule has 1 amide bonds. The number of rotatable bonds is 5. The third-order valence-electron chi connectivity index (χ3n) is 5.41. The van der Waals surface area contributed by atoms with E-state index in [1.165, 1.54) is 13.3 Å². The van der Waals surface area contributed by atoms with Crippen LogP contribution in [-0.2, 0) is 4.74 Å². The molecule has 1 heterocycles. The lowest BCUT2D eigenvalue weighted by Crippen LogP contribution is -2.42. The molecule has 2 atom stereocenters. The van der Waals surface area contributed by atoms with Crippen molar-refractivity contribution in [2.75, 3.05) is 7.11 Å². The number of fused-ring (bicyclic) bond motifs is 1. The highest BCUT2D eigenvalue weighted by Crippen LogP contribution is 2.34. The average Bonchev–Trinajstić information content (AvgIpc) is 2.71. The van der Waals surface area contributed by atoms with Crippen LogP contribution in [0, 0.1) is 5.92 Å². The van der Waals surface area contributed by atoms with Crippen LogP contribution in [-0.4, -0.2) is 51.1 Å². The molecule has 1 aliphatic rings. The van der Waals surface area contributed by atoms with Gasteiger partial charge in [0.25, 0.3) is 0 Å². The molecule has 2 aromatic rings. The van der Waals surface area contributed by atoms with Crippen molar-refractivity contribution >= 4 is 17.1 Å². The van der Waals surface area contributed by atoms with Gasteiger partial charge in [0.15, 0.2) is 0 Å². The number of nitrogens with one attached hydrogen (secondary N) is 1. The first-order valence-electron chi connectivity index (χ1n) is 10.3. The molecule has 30 heavy (non-hydrogen) atoms. The minimum Gasteiger partial charge on any atom is -0.480 e. The van der Waals surface area contributed by atoms with Crippen molar-refractivity contribution in [2.45, 2.75) is 70.3 Å². The van der Waals surface area contributed by atoms with E-state index in [1.807, 2.05) is 20.8 Å². The monoisotopic (exact) mass is 417 g/mol. The van der Waals surface area contributed by atoms with Gasteiger partial charge in [-0.25, -0.2) is 14.8 Å². The van der Waals surface area contributed by atoms with Crippen molar-refractivity contribution in [3.63, 3.8) is 0 Å². The van der Waals surface area contributed by atoms with Gasteiger partial charge in [0.05, 0.1) is 30.4 Å². The number of aromatic nitrogens is 2. The molecule has 0 aliphatic heterocycles. The molecule has 0 radical (unpaired) electrons. The fourth-order valence-electron chi connectivity index (χ4n) is 3.90. The van der Waals surface area contributed by atoms with Gasteiger partial charge in [0, 0.05) is 11.6 Å². The number of aliphatic hydroxyl groups is 2. The summed E-state index contributed by atoms with van der Waals surface area (Å²) in [7, 11) is 1.51. The minimum absolute atomic E-state index is 0.00752. The normalized spacial score (nSPS) is 21.7. The van der Waals surface area contributed by atoms with Crippen molar-refractivity contribution in [3.8, 4) is 5.88 Å². The van der Waals surface area contributed by atoms with Crippen LogP contribution in [0.25, 0.3) is 11.0 Å². The molecule has 0 bridgehead atoms. The molecule has 3 N–H and O–H groups in total. The lowest BCUT2D eigenvalue weighted by Gasteiger charge is -2.34. The number of methoxy groups -OCH3 is 1. The molecular formula is C22H31N3O5. The first kappa shape index (κ1) is 22.2. The molecular weight excluding hydrogens is 386 g/mol. The zero-order valence-corrected chi connectivity index (χ0v) is 18.0. The van der Waals surface area contributed by atoms with Gasteiger partial charge in [-0.05, 0) is 58.4 Å². The zero-order valence-electron chi connectivity index (χ0n) is 18.0. The Morgan fingerprint density at radius 2 is 1.90 bits per heavy atom. The van der Waals surface area contributed by atoms with Crippen LogP contribution in [0.2, 0.25) is 0 Å². The first-order valence-corrected chi connectivity index (χ1v) is 10.3. The number of aliphatic hydroxyl groups excluding tert-OH is 2. The predicted molar refractivity (Wildman–Crippen MR) is 112 cm³/mol. The lowest BCUT2D eigenvalue weighted by molar-refractivity contribution is -0.0304. The van der Waals surface area contributed by atoms with Crippen LogP contribution in [0.3, 0.4) is 0 Å². The Morgan fingerprint density at radius 3 is 2.53 bits per heavy atom. The van der Waals surface area contributed by atoms with Gasteiger partial charge in [-0.3, -0.25) is 0 Å². The summed E-state index contributed by atoms with van der Waals surface area (Å²) in [6, 6.07) is 5.35. The number of ether oxygens (including phenoxy) is 2. The summed E-state index contributed by atoms with van der Waals surface area (Å²) in [6.07, 6.45) is 1.90. The molecule has 0 saturated heterocycles. The Labute approximate surface area is 176 Å². The standard InChI is InChI=1S/C22H31N3O5/c1-22(2,3)30-21(28)24-14-10-8-13(9-11-14)19(26)20(27)15-6-5-7-16-18(15)25-17(29-4)12-23-16/h5-7,12-14,19-20,26-27H,8-11H2,1-4H3,(H,24,28)/t13?,14?,19-,20-/m1/s1. The third kappa shape index (κ3) is 5.37. The van der Waals surface area contributed by atoms with Gasteiger partial charge in [0.1, 0.15) is 11.7 Å². The number of hydrogen-bond acceptors (Lipinski definition) is 7. The second-order valence-electron chi connectivity index (χ2n) is 8.82. The van der Waals surface area contributed by atoms with Crippen molar-refractivity contribution in [2.24, 2.45) is 5.92 Å². The maximum absolute atomic E-state index is 12.0. The quantitative estimate of drug-likeness (QED) is 0.685. The highest BCUT2D eigenvalue weighted by Gasteiger charge is 2.33. The van der Waals surface area contributed by atoms with Gasteiger partial charge in [-0.1, -0.05) is 12.1 Å². The van der Waals surface area contributed by atoms with Crippen LogP contribution < -0.4 is 10.1 Å². The van der Waals surface area contributed by atoms with E-state index in [2.05, 4.69) is 15.3 Å². The number of benzene rings is 1. The predicted octanol–water partition coefficient (Wildman–Crippen LogP) is 3.12. The van der Waals surface area contributed by atoms with Crippen molar-refractivity contribution in [1.82, 2.24) is 15.3 Å². The van der Waals surface area contributed by atoms with Gasteiger partial charge in [-0.15, -0.1) is 0 Å². The van der Waals surface area contributed by atoms with Crippen LogP contribution in [0.1, 0.15) is 58.1 Å². The number of nitrogens with zero attached hydrogens (tertiary/aromatic N) is 2. The molecule has 3 rings (SSSR count). The molecule has 1 fully saturated rings. The molecule has 164 valence electrons. The van der Waals surface area contributed by atoms with E-state index < -0.39 is 23.9 Å². The van der Waals surface area contributed by atoms with Crippen LogP contribution >= 0.6 is 0 Å². The highest BCUT2D eigenvalue weighted by molar-refractivity contribution is 5.78. The molecule has 1 aromatic carbocycles. The SMILES string of the molecule is COc1cnc2cccc([C@@H](O)[C@H](O)C3CCC(NC(=O)OC(C)(C)C)CC3)c2n1. The Hall–Kier alpha value is -2.45. The Morgan fingerprint density at radius 1 is 1.20 bits per heavy atom. The van der Waals surface area contributed by atoms with E-state index in [9.17, 15) is 15.0 Å². The van der Waals surface area contributed by atoms with E-state index in [0.717, 1.165) is 12.8 Å². The number of hydrogen-bond donors (Lipinski definition) is 3. The van der Waals surface area contributed by atoms with Crippen LogP contribution in [0.5, 0.6) is 5.88 Å². The summed E-state index contributed by atoms with van der Waals surface area (Å²) in [5.41, 5.74) is 1.14. The zero-order chi connectivity index (χ0) is 21.9. The largest absolute Gasteiger partial charge is 0.480 e. The molecule has 0 spiro atoms. The first-order chi connectivity index (χ1) is 14.2. The summed E-state index contributed by atoms with van der Waals surface area (Å²) in [4.78, 5) is 20.7. The van der Waals surface area contributed by atoms with E-state index >= 15 is 0 Å². The number of amides is 1. The van der Waals surface area contributed by atoms with Gasteiger partial charge in [0.2, 0.25) is 5.88 Å². The number of carbonyl (C=O) groups excluding carboxylic acids is 1. The van der Waals surface area contributed by atoms with Crippen LogP contribution in [0.15, 0.2) is 24.4 Å². The van der Waals surface area contributed by atoms with E-state index in [4.69, 9.17) is 9.47 Å². The molecule has 1 saturated carbocycles. The van der Waals surface area contributed by atoms with Gasteiger partial charge in [-0.2, -0.15) is 0 Å². The van der Waals surface area contributed by atoms with E-state index in [-0.39, 0.29) is 12.0 Å². The van der Waals surface area contributed by atoms with Crippen LogP contribution in [0.4, 0.5) is 4.79 Å². The second-order valence-corrected chi connectivity index (χ2v) is 8.82. The molecule has 0 unspecified atom stereocenters. The van der Waals surface area contributed by atoms with E-state index in [0.29, 0.717) is 35.3 Å². The Kier molecular flexibility index (Phi) is 6.77. The summed E-state index contributed by atoms with van der Waals surface area (Å²) in [5, 5.41) is 24.7. The molecule has 1 aromatic heterocycles. The molecule has 8 nitrogen and oxygen atoms in total. The number of alkyl carbamates (subject to hydrolysis) is 1. The fraction of sp³-hybridized carbons (Fsp3) is 0.591. The summed E-state index contributed by atoms with van der Waals surface area (Å²) in [5.74, 6) is 0.274. The summed E-state index contributed by atoms with van der Waals surface area (Å²) >= 11 is 0. The van der Waals surface area contributed by atoms with Crippen molar-refractivity contribution < 1.29 is 24.5 Å². The third-order valence-corrected chi connectivity index (χ3v) is 5.41. The topological polar surface area (TPSA) is 114 Å². The van der Waals surface area contributed by atoms with Gasteiger partial charge < -0.3 is 25.0 Å². The number of para-hydroxylation sites is 1.